The highest BCUT2D eigenvalue weighted by Gasteiger charge is 2.25. The molecule has 0 bridgehead atoms. The van der Waals surface area contributed by atoms with Gasteiger partial charge in [0.2, 0.25) is 6.41 Å². The lowest BCUT2D eigenvalue weighted by Gasteiger charge is -2.13. The maximum absolute atomic E-state index is 10.4. The fourth-order valence-corrected chi connectivity index (χ4v) is 1.61. The van der Waals surface area contributed by atoms with E-state index in [0.717, 1.165) is 18.9 Å². The van der Waals surface area contributed by atoms with Crippen LogP contribution in [0.25, 0.3) is 0 Å². The number of nitrogens with zero attached hydrogens (tertiary/aromatic N) is 1. The first-order valence-electron chi connectivity index (χ1n) is 3.99. The molecule has 2 nitrogen and oxygen atoms in total. The van der Waals surface area contributed by atoms with Gasteiger partial charge in [-0.3, -0.25) is 4.79 Å². The van der Waals surface area contributed by atoms with Gasteiger partial charge in [-0.1, -0.05) is 13.3 Å². The summed E-state index contributed by atoms with van der Waals surface area (Å²) in [4.78, 5) is 12.3. The molecular weight excluding hydrogens is 126 g/mol. The summed E-state index contributed by atoms with van der Waals surface area (Å²) in [6.07, 6.45) is 3.37. The molecule has 0 radical (unpaired) electrons. The van der Waals surface area contributed by atoms with Crippen LogP contribution in [0.15, 0.2) is 0 Å². The highest BCUT2D eigenvalue weighted by molar-refractivity contribution is 5.48. The van der Waals surface area contributed by atoms with Crippen LogP contribution in [0.2, 0.25) is 0 Å². The van der Waals surface area contributed by atoms with Gasteiger partial charge in [-0.2, -0.15) is 0 Å². The van der Waals surface area contributed by atoms with Gasteiger partial charge >= 0.3 is 0 Å². The third-order valence-corrected chi connectivity index (χ3v) is 2.42. The quantitative estimate of drug-likeness (QED) is 0.530. The molecule has 58 valence electrons. The topological polar surface area (TPSA) is 20.3 Å². The average Bonchev–Trinajstić information content (AvgIpc) is 2.30. The van der Waals surface area contributed by atoms with Gasteiger partial charge in [0.15, 0.2) is 0 Å². The third-order valence-electron chi connectivity index (χ3n) is 2.42. The molecule has 1 aliphatic rings. The van der Waals surface area contributed by atoms with Crippen LogP contribution in [0, 0.1) is 5.92 Å². The lowest BCUT2D eigenvalue weighted by atomic mass is 10.0. The normalized spacial score (nSPS) is 32.8. The molecule has 1 heterocycles. The molecule has 0 aromatic heterocycles. The van der Waals surface area contributed by atoms with Gasteiger partial charge in [0, 0.05) is 12.6 Å². The lowest BCUT2D eigenvalue weighted by molar-refractivity contribution is -0.118. The summed E-state index contributed by atoms with van der Waals surface area (Å²) in [6, 6.07) is 0.474. The molecule has 0 aliphatic carbocycles. The molecule has 0 saturated carbocycles. The number of hydrogen-bond acceptors (Lipinski definition) is 1. The number of amides is 1. The molecule has 1 amide bonds. The van der Waals surface area contributed by atoms with Crippen molar-refractivity contribution in [2.24, 2.45) is 5.92 Å². The minimum atomic E-state index is 0.474. The zero-order valence-corrected chi connectivity index (χ0v) is 6.71. The highest BCUT2D eigenvalue weighted by atomic mass is 16.1. The fourth-order valence-electron chi connectivity index (χ4n) is 1.61. The van der Waals surface area contributed by atoms with Crippen molar-refractivity contribution in [3.05, 3.63) is 0 Å². The van der Waals surface area contributed by atoms with E-state index in [-0.39, 0.29) is 0 Å². The van der Waals surface area contributed by atoms with E-state index in [9.17, 15) is 4.79 Å². The standard InChI is InChI=1S/C8H15NO/c1-3-8-4-7(2)9(5-8)6-10/h6-8H,3-5H2,1-2H3. The van der Waals surface area contributed by atoms with Gasteiger partial charge in [0.25, 0.3) is 0 Å². The van der Waals surface area contributed by atoms with Crippen LogP contribution >= 0.6 is 0 Å². The maximum Gasteiger partial charge on any atom is 0.209 e. The highest BCUT2D eigenvalue weighted by Crippen LogP contribution is 2.23. The first-order chi connectivity index (χ1) is 4.77. The van der Waals surface area contributed by atoms with Crippen molar-refractivity contribution in [3.63, 3.8) is 0 Å². The van der Waals surface area contributed by atoms with Crippen LogP contribution in [0.4, 0.5) is 0 Å². The summed E-state index contributed by atoms with van der Waals surface area (Å²) < 4.78 is 0. The molecular formula is C8H15NO. The maximum atomic E-state index is 10.4. The first-order valence-corrected chi connectivity index (χ1v) is 3.99. The van der Waals surface area contributed by atoms with Gasteiger partial charge in [-0.05, 0) is 19.3 Å². The Balaban J connectivity index is 2.43. The molecule has 0 N–H and O–H groups in total. The van der Waals surface area contributed by atoms with Crippen molar-refractivity contribution in [1.29, 1.82) is 0 Å². The smallest absolute Gasteiger partial charge is 0.209 e. The fraction of sp³-hybridized carbons (Fsp3) is 0.875. The summed E-state index contributed by atoms with van der Waals surface area (Å²) >= 11 is 0. The Morgan fingerprint density at radius 2 is 2.40 bits per heavy atom. The molecule has 1 aliphatic heterocycles. The minimum Gasteiger partial charge on any atom is -0.342 e. The Bertz CT molecular complexity index is 124. The van der Waals surface area contributed by atoms with E-state index in [2.05, 4.69) is 13.8 Å². The molecule has 2 unspecified atom stereocenters. The molecule has 1 rings (SSSR count). The summed E-state index contributed by atoms with van der Waals surface area (Å²) in [5, 5.41) is 0. The van der Waals surface area contributed by atoms with Crippen LogP contribution in [0.5, 0.6) is 0 Å². The van der Waals surface area contributed by atoms with E-state index < -0.39 is 0 Å². The van der Waals surface area contributed by atoms with E-state index in [1.54, 1.807) is 0 Å². The average molecular weight is 141 g/mol. The third kappa shape index (κ3) is 1.31. The summed E-state index contributed by atoms with van der Waals surface area (Å²) in [5.74, 6) is 0.750. The van der Waals surface area contributed by atoms with Crippen molar-refractivity contribution in [2.45, 2.75) is 32.7 Å². The Hall–Kier alpha value is -0.530. The summed E-state index contributed by atoms with van der Waals surface area (Å²) in [7, 11) is 0. The number of rotatable bonds is 2. The van der Waals surface area contributed by atoms with Crippen molar-refractivity contribution >= 4 is 6.41 Å². The summed E-state index contributed by atoms with van der Waals surface area (Å²) in [6.45, 7) is 5.27. The van der Waals surface area contributed by atoms with Gasteiger partial charge in [-0.15, -0.1) is 0 Å². The molecule has 1 saturated heterocycles. The van der Waals surface area contributed by atoms with E-state index in [0.29, 0.717) is 6.04 Å². The molecule has 0 aromatic rings. The van der Waals surface area contributed by atoms with Crippen molar-refractivity contribution in [2.75, 3.05) is 6.54 Å². The van der Waals surface area contributed by atoms with Gasteiger partial charge in [-0.25, -0.2) is 0 Å². The Labute approximate surface area is 62.2 Å². The number of hydrogen-bond donors (Lipinski definition) is 0. The lowest BCUT2D eigenvalue weighted by Crippen LogP contribution is -2.25. The molecule has 10 heavy (non-hydrogen) atoms. The molecule has 0 aromatic carbocycles. The Morgan fingerprint density at radius 1 is 1.70 bits per heavy atom. The SMILES string of the molecule is CCC1CC(C)N(C=O)C1. The van der Waals surface area contributed by atoms with Crippen molar-refractivity contribution < 1.29 is 4.79 Å². The van der Waals surface area contributed by atoms with E-state index in [4.69, 9.17) is 0 Å². The van der Waals surface area contributed by atoms with Gasteiger partial charge < -0.3 is 4.90 Å². The Morgan fingerprint density at radius 3 is 2.70 bits per heavy atom. The monoisotopic (exact) mass is 141 g/mol. The second-order valence-corrected chi connectivity index (χ2v) is 3.16. The van der Waals surface area contributed by atoms with E-state index in [1.165, 1.54) is 12.8 Å². The predicted octanol–water partition coefficient (Wildman–Crippen LogP) is 1.26. The molecule has 1 fully saturated rings. The second-order valence-electron chi connectivity index (χ2n) is 3.16. The number of carbonyl (C=O) groups is 1. The van der Waals surface area contributed by atoms with Crippen molar-refractivity contribution in [1.82, 2.24) is 4.90 Å². The minimum absolute atomic E-state index is 0.474. The predicted molar refractivity (Wildman–Crippen MR) is 40.6 cm³/mol. The van der Waals surface area contributed by atoms with E-state index >= 15 is 0 Å². The van der Waals surface area contributed by atoms with Crippen LogP contribution < -0.4 is 0 Å². The van der Waals surface area contributed by atoms with Crippen LogP contribution in [0.1, 0.15) is 26.7 Å². The number of carbonyl (C=O) groups excluding carboxylic acids is 1. The van der Waals surface area contributed by atoms with Gasteiger partial charge in [0.05, 0.1) is 0 Å². The van der Waals surface area contributed by atoms with Crippen LogP contribution in [-0.2, 0) is 4.79 Å². The van der Waals surface area contributed by atoms with Crippen LogP contribution in [-0.4, -0.2) is 23.9 Å². The second kappa shape index (κ2) is 3.04. The van der Waals surface area contributed by atoms with Gasteiger partial charge in [0.1, 0.15) is 0 Å². The molecule has 2 heteroatoms. The zero-order valence-electron chi connectivity index (χ0n) is 6.71. The zero-order chi connectivity index (χ0) is 7.56. The van der Waals surface area contributed by atoms with Crippen molar-refractivity contribution in [3.8, 4) is 0 Å². The number of likely N-dealkylation sites (tertiary alicyclic amines) is 1. The Kier molecular flexibility index (Phi) is 2.30. The van der Waals surface area contributed by atoms with E-state index in [1.807, 2.05) is 4.90 Å². The van der Waals surface area contributed by atoms with Crippen LogP contribution in [0.3, 0.4) is 0 Å². The molecule has 0 spiro atoms. The largest absolute Gasteiger partial charge is 0.342 e. The summed E-state index contributed by atoms with van der Waals surface area (Å²) in [5.41, 5.74) is 0. The molecule has 2 atom stereocenters. The first kappa shape index (κ1) is 7.58.